The van der Waals surface area contributed by atoms with E-state index in [4.69, 9.17) is 16.3 Å². The predicted molar refractivity (Wildman–Crippen MR) is 108 cm³/mol. The van der Waals surface area contributed by atoms with Gasteiger partial charge >= 0.3 is 0 Å². The van der Waals surface area contributed by atoms with Gasteiger partial charge in [-0.05, 0) is 48.9 Å². The van der Waals surface area contributed by atoms with E-state index in [0.717, 1.165) is 36.8 Å². The topological polar surface area (TPSA) is 67.4 Å². The number of nitrogens with one attached hydrogen (secondary N) is 2. The van der Waals surface area contributed by atoms with Gasteiger partial charge in [-0.15, -0.1) is 0 Å². The molecule has 27 heavy (non-hydrogen) atoms. The number of amides is 2. The molecule has 0 radical (unpaired) electrons. The molecule has 1 aromatic rings. The van der Waals surface area contributed by atoms with Crippen LogP contribution in [0.2, 0.25) is 5.02 Å². The van der Waals surface area contributed by atoms with Crippen molar-refractivity contribution in [3.8, 4) is 5.75 Å². The third-order valence-electron chi connectivity index (χ3n) is 4.99. The number of carbonyl (C=O) groups excluding carboxylic acids is 2. The fraction of sp³-hybridized carbons (Fsp3) is 0.619. The van der Waals surface area contributed by atoms with Crippen LogP contribution in [0.25, 0.3) is 0 Å². The second-order valence-electron chi connectivity index (χ2n) is 7.56. The Morgan fingerprint density at radius 2 is 1.81 bits per heavy atom. The van der Waals surface area contributed by atoms with Gasteiger partial charge in [-0.1, -0.05) is 44.7 Å². The van der Waals surface area contributed by atoms with Gasteiger partial charge in [0.15, 0.2) is 6.61 Å². The summed E-state index contributed by atoms with van der Waals surface area (Å²) in [6.45, 7) is 6.81. The molecule has 2 amide bonds. The number of carbonyl (C=O) groups is 2. The van der Waals surface area contributed by atoms with Crippen LogP contribution in [0.5, 0.6) is 5.75 Å². The summed E-state index contributed by atoms with van der Waals surface area (Å²) in [5.41, 5.74) is 1.90. The first-order valence-corrected chi connectivity index (χ1v) is 10.2. The molecule has 0 unspecified atom stereocenters. The van der Waals surface area contributed by atoms with Crippen molar-refractivity contribution < 1.29 is 14.3 Å². The molecule has 1 aromatic carbocycles. The first-order valence-electron chi connectivity index (χ1n) is 9.85. The molecular weight excluding hydrogens is 364 g/mol. The van der Waals surface area contributed by atoms with Crippen LogP contribution in [-0.4, -0.2) is 31.5 Å². The third kappa shape index (κ3) is 6.73. The lowest BCUT2D eigenvalue weighted by Gasteiger charge is -2.20. The van der Waals surface area contributed by atoms with Gasteiger partial charge in [0.25, 0.3) is 5.91 Å². The number of benzene rings is 1. The van der Waals surface area contributed by atoms with Crippen LogP contribution in [-0.2, 0) is 9.59 Å². The SMILES string of the molecule is Cc1cc(OCC(=O)NCCNC(=O)C2CCCCC2)c(C(C)C)cc1Cl. The van der Waals surface area contributed by atoms with Gasteiger partial charge in [-0.3, -0.25) is 9.59 Å². The Kier molecular flexibility index (Phi) is 8.42. The summed E-state index contributed by atoms with van der Waals surface area (Å²) >= 11 is 6.19. The molecule has 150 valence electrons. The smallest absolute Gasteiger partial charge is 0.258 e. The summed E-state index contributed by atoms with van der Waals surface area (Å²) in [6, 6.07) is 3.77. The average molecular weight is 395 g/mol. The second kappa shape index (κ2) is 10.5. The summed E-state index contributed by atoms with van der Waals surface area (Å²) < 4.78 is 5.71. The lowest BCUT2D eigenvalue weighted by molar-refractivity contribution is -0.126. The average Bonchev–Trinajstić information content (AvgIpc) is 2.66. The largest absolute Gasteiger partial charge is 0.483 e. The highest BCUT2D eigenvalue weighted by Gasteiger charge is 2.20. The number of hydrogen-bond donors (Lipinski definition) is 2. The maximum Gasteiger partial charge on any atom is 0.258 e. The van der Waals surface area contributed by atoms with E-state index < -0.39 is 0 Å². The van der Waals surface area contributed by atoms with Crippen molar-refractivity contribution >= 4 is 23.4 Å². The molecule has 0 bridgehead atoms. The van der Waals surface area contributed by atoms with Gasteiger partial charge in [0.05, 0.1) is 0 Å². The van der Waals surface area contributed by atoms with Crippen LogP contribution in [0, 0.1) is 12.8 Å². The lowest BCUT2D eigenvalue weighted by atomic mass is 9.89. The van der Waals surface area contributed by atoms with Crippen LogP contribution in [0.4, 0.5) is 0 Å². The number of ether oxygens (including phenoxy) is 1. The van der Waals surface area contributed by atoms with Gasteiger partial charge in [0.2, 0.25) is 5.91 Å². The first kappa shape index (κ1) is 21.5. The molecule has 5 nitrogen and oxygen atoms in total. The lowest BCUT2D eigenvalue weighted by Crippen LogP contribution is -2.39. The van der Waals surface area contributed by atoms with Gasteiger partial charge in [0, 0.05) is 24.0 Å². The quantitative estimate of drug-likeness (QED) is 0.655. The zero-order valence-electron chi connectivity index (χ0n) is 16.6. The molecule has 1 saturated carbocycles. The van der Waals surface area contributed by atoms with Crippen molar-refractivity contribution in [1.29, 1.82) is 0 Å². The Morgan fingerprint density at radius 3 is 2.48 bits per heavy atom. The Hall–Kier alpha value is -1.75. The zero-order chi connectivity index (χ0) is 19.8. The third-order valence-corrected chi connectivity index (χ3v) is 5.40. The van der Waals surface area contributed by atoms with Gasteiger partial charge in [0.1, 0.15) is 5.75 Å². The molecule has 0 aromatic heterocycles. The Balaban J connectivity index is 1.72. The number of aryl methyl sites for hydroxylation is 1. The van der Waals surface area contributed by atoms with Crippen LogP contribution in [0.15, 0.2) is 12.1 Å². The molecule has 0 atom stereocenters. The predicted octanol–water partition coefficient (Wildman–Crippen LogP) is 3.96. The molecule has 2 N–H and O–H groups in total. The molecule has 0 spiro atoms. The van der Waals surface area contributed by atoms with Crippen LogP contribution in [0.3, 0.4) is 0 Å². The number of halogens is 1. The van der Waals surface area contributed by atoms with E-state index in [0.29, 0.717) is 23.9 Å². The molecule has 1 fully saturated rings. The first-order chi connectivity index (χ1) is 12.9. The fourth-order valence-corrected chi connectivity index (χ4v) is 3.51. The van der Waals surface area contributed by atoms with Gasteiger partial charge in [-0.25, -0.2) is 0 Å². The van der Waals surface area contributed by atoms with Gasteiger partial charge in [-0.2, -0.15) is 0 Å². The molecule has 0 saturated heterocycles. The monoisotopic (exact) mass is 394 g/mol. The minimum atomic E-state index is -0.204. The highest BCUT2D eigenvalue weighted by molar-refractivity contribution is 6.31. The summed E-state index contributed by atoms with van der Waals surface area (Å²) in [7, 11) is 0. The highest BCUT2D eigenvalue weighted by Crippen LogP contribution is 2.32. The van der Waals surface area contributed by atoms with Crippen molar-refractivity contribution in [2.24, 2.45) is 5.92 Å². The van der Waals surface area contributed by atoms with E-state index >= 15 is 0 Å². The van der Waals surface area contributed by atoms with Crippen molar-refractivity contribution in [2.45, 2.75) is 58.8 Å². The number of rotatable bonds is 8. The van der Waals surface area contributed by atoms with Crippen molar-refractivity contribution in [1.82, 2.24) is 10.6 Å². The zero-order valence-corrected chi connectivity index (χ0v) is 17.3. The van der Waals surface area contributed by atoms with Crippen LogP contribution in [0.1, 0.15) is 63.0 Å². The summed E-state index contributed by atoms with van der Waals surface area (Å²) in [6.07, 6.45) is 5.45. The highest BCUT2D eigenvalue weighted by atomic mass is 35.5. The molecule has 1 aliphatic rings. The molecule has 0 aliphatic heterocycles. The Morgan fingerprint density at radius 1 is 1.15 bits per heavy atom. The molecular formula is C21H31ClN2O3. The van der Waals surface area contributed by atoms with Crippen molar-refractivity contribution in [3.05, 3.63) is 28.3 Å². The van der Waals surface area contributed by atoms with Crippen LogP contribution >= 0.6 is 11.6 Å². The van der Waals surface area contributed by atoms with E-state index in [9.17, 15) is 9.59 Å². The van der Waals surface area contributed by atoms with Crippen LogP contribution < -0.4 is 15.4 Å². The van der Waals surface area contributed by atoms with Crippen molar-refractivity contribution in [2.75, 3.05) is 19.7 Å². The van der Waals surface area contributed by atoms with E-state index in [-0.39, 0.29) is 30.3 Å². The minimum absolute atomic E-state index is 0.0582. The minimum Gasteiger partial charge on any atom is -0.483 e. The molecule has 6 heteroatoms. The van der Waals surface area contributed by atoms with E-state index in [2.05, 4.69) is 24.5 Å². The van der Waals surface area contributed by atoms with Gasteiger partial charge < -0.3 is 15.4 Å². The normalized spacial score (nSPS) is 14.9. The maximum absolute atomic E-state index is 12.1. The summed E-state index contributed by atoms with van der Waals surface area (Å²) in [5, 5.41) is 6.39. The second-order valence-corrected chi connectivity index (χ2v) is 7.97. The molecule has 2 rings (SSSR count). The van der Waals surface area contributed by atoms with E-state index in [1.165, 1.54) is 6.42 Å². The Bertz CT molecular complexity index is 655. The molecule has 1 aliphatic carbocycles. The van der Waals surface area contributed by atoms with E-state index in [1.54, 1.807) is 0 Å². The summed E-state index contributed by atoms with van der Waals surface area (Å²) in [4.78, 5) is 24.1. The van der Waals surface area contributed by atoms with E-state index in [1.807, 2.05) is 19.1 Å². The summed E-state index contributed by atoms with van der Waals surface area (Å²) in [5.74, 6) is 0.979. The standard InChI is InChI=1S/C21H31ClN2O3/c1-14(2)17-12-18(22)15(3)11-19(17)27-13-20(25)23-9-10-24-21(26)16-7-5-4-6-8-16/h11-12,14,16H,4-10,13H2,1-3H3,(H,23,25)(H,24,26). The fourth-order valence-electron chi connectivity index (χ4n) is 3.34. The maximum atomic E-state index is 12.1. The van der Waals surface area contributed by atoms with Crippen molar-refractivity contribution in [3.63, 3.8) is 0 Å². The Labute approximate surface area is 167 Å². The molecule has 0 heterocycles. The number of hydrogen-bond acceptors (Lipinski definition) is 3.